The van der Waals surface area contributed by atoms with Crippen LogP contribution in [0.1, 0.15) is 49.4 Å². The summed E-state index contributed by atoms with van der Waals surface area (Å²) in [6, 6.07) is 5.49. The molecule has 1 aromatic heterocycles. The van der Waals surface area contributed by atoms with Crippen LogP contribution in [0.3, 0.4) is 0 Å². The van der Waals surface area contributed by atoms with Gasteiger partial charge >= 0.3 is 0 Å². The van der Waals surface area contributed by atoms with Gasteiger partial charge in [-0.1, -0.05) is 25.9 Å². The standard InChI is InChI=1S/C20H26N2O4/c1-12-9-17(26-21-12)18-14-11-16(25-6)15(24-5)10-13(14)7-8-22(18)19(23)20(2,3)4/h9-11,18H,7-8H2,1-6H3. The van der Waals surface area contributed by atoms with Crippen molar-refractivity contribution in [3.63, 3.8) is 0 Å². The zero-order valence-electron chi connectivity index (χ0n) is 16.3. The second-order valence-electron chi connectivity index (χ2n) is 7.68. The number of carbonyl (C=O) groups excluding carboxylic acids is 1. The molecule has 1 unspecified atom stereocenters. The van der Waals surface area contributed by atoms with Crippen molar-refractivity contribution in [3.8, 4) is 11.5 Å². The molecule has 0 aliphatic carbocycles. The number of fused-ring (bicyclic) bond motifs is 1. The van der Waals surface area contributed by atoms with E-state index >= 15 is 0 Å². The molecule has 0 fully saturated rings. The molecule has 6 nitrogen and oxygen atoms in total. The lowest BCUT2D eigenvalue weighted by molar-refractivity contribution is -0.142. The quantitative estimate of drug-likeness (QED) is 0.840. The highest BCUT2D eigenvalue weighted by atomic mass is 16.5. The maximum absolute atomic E-state index is 13.1. The van der Waals surface area contributed by atoms with Crippen molar-refractivity contribution in [2.75, 3.05) is 20.8 Å². The number of amides is 1. The first-order chi connectivity index (χ1) is 12.3. The number of hydrogen-bond donors (Lipinski definition) is 0. The van der Waals surface area contributed by atoms with Crippen molar-refractivity contribution in [1.29, 1.82) is 0 Å². The molecule has 0 bridgehead atoms. The fraction of sp³-hybridized carbons (Fsp3) is 0.500. The smallest absolute Gasteiger partial charge is 0.228 e. The molecule has 3 rings (SSSR count). The lowest BCUT2D eigenvalue weighted by Crippen LogP contribution is -2.45. The third-order valence-electron chi connectivity index (χ3n) is 4.69. The predicted molar refractivity (Wildman–Crippen MR) is 97.5 cm³/mol. The van der Waals surface area contributed by atoms with E-state index in [4.69, 9.17) is 14.0 Å². The molecule has 1 aliphatic heterocycles. The van der Waals surface area contributed by atoms with Crippen LogP contribution in [0.5, 0.6) is 11.5 Å². The van der Waals surface area contributed by atoms with Crippen LogP contribution >= 0.6 is 0 Å². The monoisotopic (exact) mass is 358 g/mol. The minimum Gasteiger partial charge on any atom is -0.493 e. The summed E-state index contributed by atoms with van der Waals surface area (Å²) >= 11 is 0. The summed E-state index contributed by atoms with van der Waals surface area (Å²) in [6.45, 7) is 8.29. The molecule has 140 valence electrons. The van der Waals surface area contributed by atoms with E-state index in [9.17, 15) is 4.79 Å². The molecule has 0 saturated heterocycles. The first-order valence-electron chi connectivity index (χ1n) is 8.75. The van der Waals surface area contributed by atoms with Crippen LogP contribution in [0.15, 0.2) is 22.7 Å². The number of aromatic nitrogens is 1. The molecule has 2 aromatic rings. The average molecular weight is 358 g/mol. The predicted octanol–water partition coefficient (Wildman–Crippen LogP) is 3.52. The molecule has 0 N–H and O–H groups in total. The van der Waals surface area contributed by atoms with Crippen molar-refractivity contribution in [2.45, 2.75) is 40.2 Å². The Morgan fingerprint density at radius 2 is 1.85 bits per heavy atom. The maximum atomic E-state index is 13.1. The zero-order valence-corrected chi connectivity index (χ0v) is 16.3. The Labute approximate surface area is 154 Å². The van der Waals surface area contributed by atoms with Crippen molar-refractivity contribution < 1.29 is 18.8 Å². The number of methoxy groups -OCH3 is 2. The SMILES string of the molecule is COc1cc2c(cc1OC)C(c1cc(C)no1)N(C(=O)C(C)(C)C)CC2. The first kappa shape index (κ1) is 18.3. The third-order valence-corrected chi connectivity index (χ3v) is 4.69. The van der Waals surface area contributed by atoms with E-state index in [1.807, 2.05) is 50.8 Å². The molecule has 0 saturated carbocycles. The second-order valence-corrected chi connectivity index (χ2v) is 7.68. The second kappa shape index (κ2) is 6.67. The minimum absolute atomic E-state index is 0.0805. The number of rotatable bonds is 3. The molecular weight excluding hydrogens is 332 g/mol. The van der Waals surface area contributed by atoms with Crippen LogP contribution < -0.4 is 9.47 Å². The Kier molecular flexibility index (Phi) is 4.69. The fourth-order valence-electron chi connectivity index (χ4n) is 3.41. The van der Waals surface area contributed by atoms with Crippen LogP contribution in [-0.4, -0.2) is 36.7 Å². The van der Waals surface area contributed by atoms with E-state index in [1.165, 1.54) is 0 Å². The third kappa shape index (κ3) is 3.16. The minimum atomic E-state index is -0.485. The Balaban J connectivity index is 2.16. The van der Waals surface area contributed by atoms with Gasteiger partial charge in [0.2, 0.25) is 5.91 Å². The summed E-state index contributed by atoms with van der Waals surface area (Å²) in [7, 11) is 3.23. The summed E-state index contributed by atoms with van der Waals surface area (Å²) in [4.78, 5) is 15.0. The first-order valence-corrected chi connectivity index (χ1v) is 8.75. The Hall–Kier alpha value is -2.50. The number of ether oxygens (including phenoxy) is 2. The summed E-state index contributed by atoms with van der Waals surface area (Å²) in [5.74, 6) is 2.07. The van der Waals surface area contributed by atoms with Gasteiger partial charge in [0.1, 0.15) is 6.04 Å². The van der Waals surface area contributed by atoms with Crippen LogP contribution in [0.25, 0.3) is 0 Å². The van der Waals surface area contributed by atoms with Crippen LogP contribution in [-0.2, 0) is 11.2 Å². The van der Waals surface area contributed by atoms with Crippen LogP contribution in [0.2, 0.25) is 0 Å². The number of nitrogens with zero attached hydrogens (tertiary/aromatic N) is 2. The van der Waals surface area contributed by atoms with Crippen molar-refractivity contribution >= 4 is 5.91 Å². The normalized spacial score (nSPS) is 17.0. The average Bonchev–Trinajstić information content (AvgIpc) is 3.03. The summed E-state index contributed by atoms with van der Waals surface area (Å²) in [5.41, 5.74) is 2.42. The Morgan fingerprint density at radius 3 is 2.38 bits per heavy atom. The van der Waals surface area contributed by atoms with Crippen molar-refractivity contribution in [2.24, 2.45) is 5.41 Å². The molecule has 2 heterocycles. The van der Waals surface area contributed by atoms with Gasteiger partial charge in [0.05, 0.1) is 19.9 Å². The molecule has 1 atom stereocenters. The van der Waals surface area contributed by atoms with E-state index in [0.717, 1.165) is 23.2 Å². The van der Waals surface area contributed by atoms with E-state index in [-0.39, 0.29) is 11.9 Å². The van der Waals surface area contributed by atoms with E-state index in [0.29, 0.717) is 23.8 Å². The fourth-order valence-corrected chi connectivity index (χ4v) is 3.41. The molecule has 1 aromatic carbocycles. The van der Waals surface area contributed by atoms with Gasteiger partial charge < -0.3 is 18.9 Å². The highest BCUT2D eigenvalue weighted by Crippen LogP contribution is 2.42. The van der Waals surface area contributed by atoms with Gasteiger partial charge in [-0.05, 0) is 36.6 Å². The highest BCUT2D eigenvalue weighted by Gasteiger charge is 2.39. The lowest BCUT2D eigenvalue weighted by atomic mass is 9.86. The number of aryl methyl sites for hydroxylation is 1. The number of carbonyl (C=O) groups is 1. The highest BCUT2D eigenvalue weighted by molar-refractivity contribution is 5.82. The molecule has 26 heavy (non-hydrogen) atoms. The largest absolute Gasteiger partial charge is 0.493 e. The number of benzene rings is 1. The Morgan fingerprint density at radius 1 is 1.19 bits per heavy atom. The summed E-state index contributed by atoms with van der Waals surface area (Å²) in [6.07, 6.45) is 0.751. The molecule has 1 amide bonds. The topological polar surface area (TPSA) is 64.8 Å². The van der Waals surface area contributed by atoms with Crippen molar-refractivity contribution in [1.82, 2.24) is 10.1 Å². The maximum Gasteiger partial charge on any atom is 0.228 e. The summed E-state index contributed by atoms with van der Waals surface area (Å²) < 4.78 is 16.5. The van der Waals surface area contributed by atoms with Gasteiger partial charge in [0.15, 0.2) is 17.3 Å². The van der Waals surface area contributed by atoms with Crippen molar-refractivity contribution in [3.05, 3.63) is 40.8 Å². The Bertz CT molecular complexity index is 820. The molecule has 6 heteroatoms. The molecule has 0 spiro atoms. The molecule has 0 radical (unpaired) electrons. The molecule has 1 aliphatic rings. The van der Waals surface area contributed by atoms with Gasteiger partial charge in [-0.2, -0.15) is 0 Å². The number of hydrogen-bond acceptors (Lipinski definition) is 5. The van der Waals surface area contributed by atoms with Crippen LogP contribution in [0, 0.1) is 12.3 Å². The van der Waals surface area contributed by atoms with E-state index < -0.39 is 5.41 Å². The van der Waals surface area contributed by atoms with E-state index in [2.05, 4.69) is 5.16 Å². The summed E-state index contributed by atoms with van der Waals surface area (Å²) in [5, 5.41) is 4.03. The van der Waals surface area contributed by atoms with Gasteiger partial charge in [0.25, 0.3) is 0 Å². The van der Waals surface area contributed by atoms with E-state index in [1.54, 1.807) is 14.2 Å². The van der Waals surface area contributed by atoms with Gasteiger partial charge in [-0.25, -0.2) is 0 Å². The van der Waals surface area contributed by atoms with Gasteiger partial charge in [0, 0.05) is 18.0 Å². The van der Waals surface area contributed by atoms with Crippen LogP contribution in [0.4, 0.5) is 0 Å². The molecular formula is C20H26N2O4. The lowest BCUT2D eigenvalue weighted by Gasteiger charge is -2.39. The zero-order chi connectivity index (χ0) is 19.1. The van der Waals surface area contributed by atoms with Gasteiger partial charge in [-0.3, -0.25) is 4.79 Å². The van der Waals surface area contributed by atoms with Gasteiger partial charge in [-0.15, -0.1) is 0 Å².